The Morgan fingerprint density at radius 2 is 1.79 bits per heavy atom. The number of hydrogen-bond acceptors (Lipinski definition) is 6. The van der Waals surface area contributed by atoms with Crippen LogP contribution in [0.3, 0.4) is 0 Å². The summed E-state index contributed by atoms with van der Waals surface area (Å²) in [6.45, 7) is -0.0136. The van der Waals surface area contributed by atoms with Crippen LogP contribution in [0.1, 0.15) is 43.7 Å². The molecular weight excluding hydrogens is 595 g/mol. The van der Waals surface area contributed by atoms with Gasteiger partial charge in [0.1, 0.15) is 17.7 Å². The van der Waals surface area contributed by atoms with E-state index in [0.29, 0.717) is 23.7 Å². The van der Waals surface area contributed by atoms with Crippen molar-refractivity contribution >= 4 is 44.9 Å². The van der Waals surface area contributed by atoms with Crippen molar-refractivity contribution in [3.05, 3.63) is 89.3 Å². The van der Waals surface area contributed by atoms with Gasteiger partial charge in [-0.1, -0.05) is 41.9 Å². The SMILES string of the molecule is O=C(C[C@@H]1OCC(c2ccc(Cl)cc2)N(C(CN(c2ccccc2F)S(=O)(=O)C2CC2)C2CC2)C1=O)Nc1ccccn1. The Kier molecular flexibility index (Phi) is 8.39. The highest BCUT2D eigenvalue weighted by Gasteiger charge is 2.49. The minimum atomic E-state index is -3.88. The minimum Gasteiger partial charge on any atom is -0.365 e. The molecule has 0 spiro atoms. The molecule has 2 unspecified atom stereocenters. The van der Waals surface area contributed by atoms with Crippen LogP contribution in [-0.2, 0) is 24.3 Å². The second-order valence-corrected chi connectivity index (χ2v) is 13.8. The van der Waals surface area contributed by atoms with Crippen LogP contribution in [0.2, 0.25) is 5.02 Å². The van der Waals surface area contributed by atoms with Crippen molar-refractivity contribution < 1.29 is 27.1 Å². The van der Waals surface area contributed by atoms with Gasteiger partial charge in [0.2, 0.25) is 15.9 Å². The number of sulfonamides is 1. The van der Waals surface area contributed by atoms with Crippen LogP contribution >= 0.6 is 11.6 Å². The van der Waals surface area contributed by atoms with E-state index in [1.807, 2.05) is 12.1 Å². The van der Waals surface area contributed by atoms with E-state index in [1.165, 1.54) is 18.2 Å². The van der Waals surface area contributed by atoms with Gasteiger partial charge >= 0.3 is 0 Å². The molecule has 1 saturated heterocycles. The third-order valence-corrected chi connectivity index (χ3v) is 10.7. The number of halogens is 2. The number of para-hydroxylation sites is 1. The predicted molar refractivity (Wildman–Crippen MR) is 160 cm³/mol. The van der Waals surface area contributed by atoms with Gasteiger partial charge in [0.25, 0.3) is 5.91 Å². The van der Waals surface area contributed by atoms with E-state index in [-0.39, 0.29) is 31.2 Å². The van der Waals surface area contributed by atoms with Crippen molar-refractivity contribution in [2.45, 2.75) is 55.5 Å². The molecule has 0 bridgehead atoms. The lowest BCUT2D eigenvalue weighted by molar-refractivity contribution is -0.166. The molecule has 3 aromatic rings. The van der Waals surface area contributed by atoms with E-state index < -0.39 is 51.1 Å². The lowest BCUT2D eigenvalue weighted by atomic mass is 9.97. The highest BCUT2D eigenvalue weighted by molar-refractivity contribution is 7.93. The lowest BCUT2D eigenvalue weighted by Crippen LogP contribution is -2.58. The second kappa shape index (κ2) is 12.2. The number of carbonyl (C=O) groups is 2. The van der Waals surface area contributed by atoms with Crippen molar-refractivity contribution in [1.82, 2.24) is 9.88 Å². The standard InChI is InChI=1S/C31H32ClFN4O5S/c32-22-12-10-21(11-13-22)27-19-42-28(17-30(38)35-29-7-3-4-16-34-29)31(39)37(27)26(20-8-9-20)18-36(43(40,41)23-14-15-23)25-6-2-1-5-24(25)33/h1-7,10-13,16,20,23,26-28H,8-9,14-15,17-19H2,(H,34,35,38)/t26?,27?,28-/m0/s1. The summed E-state index contributed by atoms with van der Waals surface area (Å²) in [5.74, 6) is -1.14. The number of morpholine rings is 1. The average molecular weight is 627 g/mol. The Hall–Kier alpha value is -3.54. The van der Waals surface area contributed by atoms with E-state index in [0.717, 1.165) is 22.7 Å². The highest BCUT2D eigenvalue weighted by atomic mass is 35.5. The molecule has 2 saturated carbocycles. The fourth-order valence-corrected chi connectivity index (χ4v) is 7.61. The van der Waals surface area contributed by atoms with Crippen LogP contribution in [0, 0.1) is 11.7 Å². The van der Waals surface area contributed by atoms with Gasteiger partial charge in [0.15, 0.2) is 0 Å². The predicted octanol–water partition coefficient (Wildman–Crippen LogP) is 4.95. The van der Waals surface area contributed by atoms with Gasteiger partial charge in [-0.2, -0.15) is 0 Å². The maximum Gasteiger partial charge on any atom is 0.253 e. The van der Waals surface area contributed by atoms with Gasteiger partial charge in [-0.05, 0) is 73.6 Å². The first-order valence-electron chi connectivity index (χ1n) is 14.4. The summed E-state index contributed by atoms with van der Waals surface area (Å²) in [5.41, 5.74) is 0.734. The monoisotopic (exact) mass is 626 g/mol. The second-order valence-electron chi connectivity index (χ2n) is 11.2. The maximum atomic E-state index is 15.1. The molecular formula is C31H32ClFN4O5S. The maximum absolute atomic E-state index is 15.1. The summed E-state index contributed by atoms with van der Waals surface area (Å²) in [6, 6.07) is 16.9. The molecule has 1 N–H and O–H groups in total. The van der Waals surface area contributed by atoms with E-state index in [4.69, 9.17) is 16.3 Å². The number of benzene rings is 2. The molecule has 2 heterocycles. The number of rotatable bonds is 11. The third kappa shape index (κ3) is 6.53. The van der Waals surface area contributed by atoms with Gasteiger partial charge in [-0.25, -0.2) is 17.8 Å². The topological polar surface area (TPSA) is 109 Å². The van der Waals surface area contributed by atoms with Gasteiger partial charge < -0.3 is 15.0 Å². The number of anilines is 2. The van der Waals surface area contributed by atoms with Crippen molar-refractivity contribution in [2.75, 3.05) is 22.8 Å². The molecule has 2 amide bonds. The summed E-state index contributed by atoms with van der Waals surface area (Å²) in [7, 11) is -3.88. The van der Waals surface area contributed by atoms with Crippen molar-refractivity contribution in [1.29, 1.82) is 0 Å². The molecule has 226 valence electrons. The molecule has 2 aliphatic carbocycles. The van der Waals surface area contributed by atoms with Crippen LogP contribution in [0.4, 0.5) is 15.9 Å². The molecule has 3 aliphatic rings. The van der Waals surface area contributed by atoms with Gasteiger partial charge in [0.05, 0.1) is 42.6 Å². The summed E-state index contributed by atoms with van der Waals surface area (Å²) in [5, 5.41) is 2.64. The van der Waals surface area contributed by atoms with Gasteiger partial charge in [-0.3, -0.25) is 13.9 Å². The normalized spacial score (nSPS) is 21.3. The van der Waals surface area contributed by atoms with Gasteiger partial charge in [-0.15, -0.1) is 0 Å². The van der Waals surface area contributed by atoms with E-state index in [2.05, 4.69) is 10.3 Å². The molecule has 12 heteroatoms. The summed E-state index contributed by atoms with van der Waals surface area (Å²) < 4.78 is 49.7. The van der Waals surface area contributed by atoms with Crippen molar-refractivity contribution in [3.8, 4) is 0 Å². The molecule has 43 heavy (non-hydrogen) atoms. The summed E-state index contributed by atoms with van der Waals surface area (Å²) in [6.07, 6.45) is 2.83. The highest BCUT2D eigenvalue weighted by Crippen LogP contribution is 2.43. The lowest BCUT2D eigenvalue weighted by Gasteiger charge is -2.45. The van der Waals surface area contributed by atoms with Crippen LogP contribution in [0.15, 0.2) is 72.9 Å². The minimum absolute atomic E-state index is 0.00326. The number of hydrogen-bond donors (Lipinski definition) is 1. The number of nitrogens with one attached hydrogen (secondary N) is 1. The number of aromatic nitrogens is 1. The number of carbonyl (C=O) groups excluding carboxylic acids is 2. The first kappa shape index (κ1) is 29.5. The van der Waals surface area contributed by atoms with Crippen LogP contribution in [0.25, 0.3) is 0 Å². The Balaban J connectivity index is 1.34. The van der Waals surface area contributed by atoms with E-state index >= 15 is 4.39 Å². The largest absolute Gasteiger partial charge is 0.365 e. The molecule has 6 rings (SSSR count). The molecule has 3 fully saturated rings. The quantitative estimate of drug-likeness (QED) is 0.323. The van der Waals surface area contributed by atoms with Crippen LogP contribution in [-0.4, -0.2) is 60.7 Å². The fourth-order valence-electron chi connectivity index (χ4n) is 5.61. The van der Waals surface area contributed by atoms with Crippen molar-refractivity contribution in [3.63, 3.8) is 0 Å². The molecule has 9 nitrogen and oxygen atoms in total. The summed E-state index contributed by atoms with van der Waals surface area (Å²) >= 11 is 6.15. The zero-order chi connectivity index (χ0) is 30.1. The zero-order valence-corrected chi connectivity index (χ0v) is 24.9. The molecule has 3 atom stereocenters. The van der Waals surface area contributed by atoms with E-state index in [9.17, 15) is 18.0 Å². The summed E-state index contributed by atoms with van der Waals surface area (Å²) in [4.78, 5) is 32.9. The van der Waals surface area contributed by atoms with Crippen molar-refractivity contribution in [2.24, 2.45) is 5.92 Å². The molecule has 1 aliphatic heterocycles. The van der Waals surface area contributed by atoms with Crippen LogP contribution in [0.5, 0.6) is 0 Å². The first-order chi connectivity index (χ1) is 20.7. The third-order valence-electron chi connectivity index (χ3n) is 8.13. The van der Waals surface area contributed by atoms with Gasteiger partial charge in [0, 0.05) is 11.2 Å². The fraction of sp³-hybridized carbons (Fsp3) is 0.387. The molecule has 0 radical (unpaired) electrons. The Bertz CT molecular complexity index is 1590. The molecule has 2 aromatic carbocycles. The number of amides is 2. The van der Waals surface area contributed by atoms with E-state index in [1.54, 1.807) is 47.5 Å². The average Bonchev–Trinajstić information content (AvgIpc) is 3.90. The zero-order valence-electron chi connectivity index (χ0n) is 23.3. The number of ether oxygens (including phenoxy) is 1. The number of nitrogens with zero attached hydrogens (tertiary/aromatic N) is 3. The Morgan fingerprint density at radius 1 is 1.07 bits per heavy atom. The molecule has 1 aromatic heterocycles. The Morgan fingerprint density at radius 3 is 2.44 bits per heavy atom. The smallest absolute Gasteiger partial charge is 0.253 e. The first-order valence-corrected chi connectivity index (χ1v) is 16.3. The Labute approximate surface area is 255 Å². The van der Waals surface area contributed by atoms with Crippen LogP contribution < -0.4 is 9.62 Å². The number of pyridine rings is 1.